The van der Waals surface area contributed by atoms with Crippen molar-refractivity contribution < 1.29 is 9.84 Å². The summed E-state index contributed by atoms with van der Waals surface area (Å²) in [5.41, 5.74) is 0.671. The Hall–Kier alpha value is -0.800. The van der Waals surface area contributed by atoms with Gasteiger partial charge in [0.2, 0.25) is 0 Å². The number of alkyl halides is 1. The molecule has 0 radical (unpaired) electrons. The van der Waals surface area contributed by atoms with Crippen LogP contribution in [0.25, 0.3) is 0 Å². The highest BCUT2D eigenvalue weighted by Crippen LogP contribution is 2.17. The van der Waals surface area contributed by atoms with Gasteiger partial charge >= 0.3 is 0 Å². The topological polar surface area (TPSA) is 42.4 Å². The third-order valence-corrected chi connectivity index (χ3v) is 1.79. The molecular formula is C8H10ClNO2. The minimum Gasteiger partial charge on any atom is -0.495 e. The fourth-order valence-electron chi connectivity index (χ4n) is 0.819. The van der Waals surface area contributed by atoms with Crippen LogP contribution in [-0.4, -0.2) is 23.1 Å². The van der Waals surface area contributed by atoms with Gasteiger partial charge in [0.1, 0.15) is 5.75 Å². The first-order chi connectivity index (χ1) is 5.77. The number of rotatable bonds is 3. The van der Waals surface area contributed by atoms with Gasteiger partial charge in [-0.25, -0.2) is 0 Å². The highest BCUT2D eigenvalue weighted by molar-refractivity contribution is 6.18. The summed E-state index contributed by atoms with van der Waals surface area (Å²) in [6, 6.07) is 1.71. The number of aromatic nitrogens is 1. The van der Waals surface area contributed by atoms with Crippen molar-refractivity contribution in [1.29, 1.82) is 0 Å². The number of hydrogen-bond acceptors (Lipinski definition) is 3. The van der Waals surface area contributed by atoms with Crippen molar-refractivity contribution in [1.82, 2.24) is 4.98 Å². The van der Waals surface area contributed by atoms with Crippen molar-refractivity contribution in [3.63, 3.8) is 0 Å². The molecule has 1 heterocycles. The SMILES string of the molecule is COc1cncc(C(O)CCl)c1. The molecule has 1 N–H and O–H groups in total. The number of aliphatic hydroxyl groups excluding tert-OH is 1. The summed E-state index contributed by atoms with van der Waals surface area (Å²) in [6.45, 7) is 0. The molecule has 4 heteroatoms. The van der Waals surface area contributed by atoms with E-state index in [0.29, 0.717) is 11.3 Å². The first-order valence-corrected chi connectivity index (χ1v) is 4.04. The normalized spacial score (nSPS) is 12.6. The summed E-state index contributed by atoms with van der Waals surface area (Å²) in [7, 11) is 1.55. The van der Waals surface area contributed by atoms with Gasteiger partial charge in [-0.1, -0.05) is 0 Å². The lowest BCUT2D eigenvalue weighted by Crippen LogP contribution is -1.99. The monoisotopic (exact) mass is 187 g/mol. The third kappa shape index (κ3) is 2.09. The summed E-state index contributed by atoms with van der Waals surface area (Å²) in [4.78, 5) is 3.88. The van der Waals surface area contributed by atoms with Crippen LogP contribution in [0.3, 0.4) is 0 Å². The second-order valence-electron chi connectivity index (χ2n) is 2.33. The second-order valence-corrected chi connectivity index (χ2v) is 2.64. The maximum Gasteiger partial charge on any atom is 0.137 e. The van der Waals surface area contributed by atoms with E-state index in [0.717, 1.165) is 0 Å². The molecule has 66 valence electrons. The Bertz CT molecular complexity index is 255. The molecule has 1 rings (SSSR count). The van der Waals surface area contributed by atoms with Gasteiger partial charge in [-0.3, -0.25) is 4.98 Å². The van der Waals surface area contributed by atoms with E-state index >= 15 is 0 Å². The molecule has 3 nitrogen and oxygen atoms in total. The van der Waals surface area contributed by atoms with Crippen molar-refractivity contribution in [2.75, 3.05) is 13.0 Å². The molecule has 0 aliphatic carbocycles. The molecule has 0 amide bonds. The number of nitrogens with zero attached hydrogens (tertiary/aromatic N) is 1. The zero-order chi connectivity index (χ0) is 8.97. The van der Waals surface area contributed by atoms with E-state index in [1.54, 1.807) is 25.6 Å². The minimum absolute atomic E-state index is 0.162. The molecule has 12 heavy (non-hydrogen) atoms. The molecule has 0 saturated heterocycles. The predicted octanol–water partition coefficient (Wildman–Crippen LogP) is 1.36. The maximum atomic E-state index is 9.32. The fourth-order valence-corrected chi connectivity index (χ4v) is 0.997. The number of pyridine rings is 1. The Morgan fingerprint density at radius 1 is 1.67 bits per heavy atom. The van der Waals surface area contributed by atoms with Crippen LogP contribution in [0.5, 0.6) is 5.75 Å². The summed E-state index contributed by atoms with van der Waals surface area (Å²) < 4.78 is 4.93. The molecule has 1 aromatic rings. The van der Waals surface area contributed by atoms with Gasteiger partial charge in [0.15, 0.2) is 0 Å². The van der Waals surface area contributed by atoms with Gasteiger partial charge < -0.3 is 9.84 Å². The van der Waals surface area contributed by atoms with Gasteiger partial charge in [-0.05, 0) is 6.07 Å². The number of hydrogen-bond donors (Lipinski definition) is 1. The molecule has 0 aromatic carbocycles. The van der Waals surface area contributed by atoms with Gasteiger partial charge in [0.05, 0.1) is 25.3 Å². The zero-order valence-electron chi connectivity index (χ0n) is 6.70. The van der Waals surface area contributed by atoms with Crippen LogP contribution >= 0.6 is 11.6 Å². The van der Waals surface area contributed by atoms with Gasteiger partial charge in [-0.2, -0.15) is 0 Å². The van der Waals surface area contributed by atoms with E-state index in [9.17, 15) is 5.11 Å². The molecule has 0 spiro atoms. The van der Waals surface area contributed by atoms with Gasteiger partial charge in [0, 0.05) is 11.8 Å². The van der Waals surface area contributed by atoms with Crippen LogP contribution in [-0.2, 0) is 0 Å². The van der Waals surface area contributed by atoms with Crippen LogP contribution < -0.4 is 4.74 Å². The Morgan fingerprint density at radius 3 is 3.00 bits per heavy atom. The minimum atomic E-state index is -0.672. The Labute approximate surface area is 76.0 Å². The largest absolute Gasteiger partial charge is 0.495 e. The average Bonchev–Trinajstić information content (AvgIpc) is 2.17. The predicted molar refractivity (Wildman–Crippen MR) is 46.5 cm³/mol. The summed E-state index contributed by atoms with van der Waals surface area (Å²) >= 11 is 5.46. The van der Waals surface area contributed by atoms with Crippen LogP contribution in [0.4, 0.5) is 0 Å². The first-order valence-electron chi connectivity index (χ1n) is 3.51. The lowest BCUT2D eigenvalue weighted by atomic mass is 10.2. The summed E-state index contributed by atoms with van der Waals surface area (Å²) in [6.07, 6.45) is 2.47. The molecule has 1 unspecified atom stereocenters. The van der Waals surface area contributed by atoms with Crippen LogP contribution in [0, 0.1) is 0 Å². The quantitative estimate of drug-likeness (QED) is 0.727. The Morgan fingerprint density at radius 2 is 2.42 bits per heavy atom. The number of methoxy groups -OCH3 is 1. The van der Waals surface area contributed by atoms with E-state index in [-0.39, 0.29) is 5.88 Å². The van der Waals surface area contributed by atoms with E-state index in [1.807, 2.05) is 0 Å². The molecule has 0 bridgehead atoms. The standard InChI is InChI=1S/C8H10ClNO2/c1-12-7-2-6(4-10-5-7)8(11)3-9/h2,4-5,8,11H,3H2,1H3. The number of aliphatic hydroxyl groups is 1. The maximum absolute atomic E-state index is 9.32. The Kier molecular flexibility index (Phi) is 3.31. The van der Waals surface area contributed by atoms with Crippen molar-refractivity contribution in [2.24, 2.45) is 0 Å². The highest BCUT2D eigenvalue weighted by atomic mass is 35.5. The average molecular weight is 188 g/mol. The lowest BCUT2D eigenvalue weighted by molar-refractivity contribution is 0.201. The number of halogens is 1. The molecule has 0 aliphatic heterocycles. The van der Waals surface area contributed by atoms with E-state index in [2.05, 4.69) is 4.98 Å². The van der Waals surface area contributed by atoms with Crippen LogP contribution in [0.1, 0.15) is 11.7 Å². The lowest BCUT2D eigenvalue weighted by Gasteiger charge is -2.07. The third-order valence-electron chi connectivity index (χ3n) is 1.50. The molecular weight excluding hydrogens is 178 g/mol. The number of ether oxygens (including phenoxy) is 1. The van der Waals surface area contributed by atoms with E-state index < -0.39 is 6.10 Å². The Balaban J connectivity index is 2.86. The summed E-state index contributed by atoms with van der Waals surface area (Å²) in [5.74, 6) is 0.783. The molecule has 0 saturated carbocycles. The van der Waals surface area contributed by atoms with E-state index in [1.165, 1.54) is 0 Å². The second kappa shape index (κ2) is 4.28. The molecule has 0 aliphatic rings. The summed E-state index contributed by atoms with van der Waals surface area (Å²) in [5, 5.41) is 9.32. The van der Waals surface area contributed by atoms with E-state index in [4.69, 9.17) is 16.3 Å². The van der Waals surface area contributed by atoms with Crippen molar-refractivity contribution in [3.05, 3.63) is 24.0 Å². The van der Waals surface area contributed by atoms with Crippen molar-refractivity contribution in [3.8, 4) is 5.75 Å². The van der Waals surface area contributed by atoms with Crippen molar-refractivity contribution in [2.45, 2.75) is 6.10 Å². The molecule has 1 atom stereocenters. The van der Waals surface area contributed by atoms with Crippen LogP contribution in [0.15, 0.2) is 18.5 Å². The van der Waals surface area contributed by atoms with Gasteiger partial charge in [-0.15, -0.1) is 11.6 Å². The van der Waals surface area contributed by atoms with Gasteiger partial charge in [0.25, 0.3) is 0 Å². The molecule has 1 aromatic heterocycles. The molecule has 0 fully saturated rings. The van der Waals surface area contributed by atoms with Crippen LogP contribution in [0.2, 0.25) is 0 Å². The smallest absolute Gasteiger partial charge is 0.137 e. The zero-order valence-corrected chi connectivity index (χ0v) is 7.45. The first kappa shape index (κ1) is 9.29. The highest BCUT2D eigenvalue weighted by Gasteiger charge is 2.06. The fraction of sp³-hybridized carbons (Fsp3) is 0.375. The van der Waals surface area contributed by atoms with Crippen molar-refractivity contribution >= 4 is 11.6 Å².